The first-order chi connectivity index (χ1) is 16.2. The highest BCUT2D eigenvalue weighted by Crippen LogP contribution is 2.43. The zero-order chi connectivity index (χ0) is 24.3. The summed E-state index contributed by atoms with van der Waals surface area (Å²) < 4.78 is 0. The number of nitrogens with zero attached hydrogens (tertiary/aromatic N) is 3. The van der Waals surface area contributed by atoms with Gasteiger partial charge in [0.05, 0.1) is 0 Å². The first kappa shape index (κ1) is 24.5. The number of rotatable bonds is 5. The summed E-state index contributed by atoms with van der Waals surface area (Å²) in [6.07, 6.45) is 9.79. The molecule has 3 aliphatic rings. The molecule has 0 unspecified atom stereocenters. The highest BCUT2D eigenvalue weighted by atomic mass is 16.2. The van der Waals surface area contributed by atoms with E-state index in [9.17, 15) is 14.4 Å². The van der Waals surface area contributed by atoms with E-state index in [-0.39, 0.29) is 23.8 Å². The van der Waals surface area contributed by atoms with Gasteiger partial charge in [0.1, 0.15) is 17.9 Å². The quantitative estimate of drug-likeness (QED) is 0.643. The fourth-order valence-electron chi connectivity index (χ4n) is 5.54. The summed E-state index contributed by atoms with van der Waals surface area (Å²) in [6.45, 7) is 8.79. The third-order valence-corrected chi connectivity index (χ3v) is 7.84. The Kier molecular flexibility index (Phi) is 7.14. The van der Waals surface area contributed by atoms with Crippen LogP contribution >= 0.6 is 0 Å². The van der Waals surface area contributed by atoms with E-state index >= 15 is 0 Å². The Bertz CT molecular complexity index is 892. The monoisotopic (exact) mass is 469 g/mol. The second kappa shape index (κ2) is 9.92. The van der Waals surface area contributed by atoms with Gasteiger partial charge in [0, 0.05) is 25.8 Å². The summed E-state index contributed by atoms with van der Waals surface area (Å²) in [5.41, 5.74) is 0.236. The van der Waals surface area contributed by atoms with Gasteiger partial charge in [-0.1, -0.05) is 39.7 Å². The predicted molar refractivity (Wildman–Crippen MR) is 131 cm³/mol. The van der Waals surface area contributed by atoms with E-state index in [1.54, 1.807) is 6.20 Å². The van der Waals surface area contributed by atoms with Crippen molar-refractivity contribution in [2.75, 3.05) is 24.5 Å². The molecule has 0 bridgehead atoms. The van der Waals surface area contributed by atoms with Crippen LogP contribution in [0.1, 0.15) is 77.7 Å². The minimum absolute atomic E-state index is 0.187. The Morgan fingerprint density at radius 1 is 1.12 bits per heavy atom. The molecule has 8 nitrogen and oxygen atoms in total. The van der Waals surface area contributed by atoms with Gasteiger partial charge in [-0.3, -0.25) is 14.5 Å². The molecular formula is C26H39N5O3. The van der Waals surface area contributed by atoms with E-state index in [0.29, 0.717) is 25.3 Å². The van der Waals surface area contributed by atoms with Crippen LogP contribution in [-0.2, 0) is 16.1 Å². The van der Waals surface area contributed by atoms with Crippen LogP contribution < -0.4 is 15.5 Å². The Balaban J connectivity index is 1.28. The summed E-state index contributed by atoms with van der Waals surface area (Å²) in [7, 11) is 0. The molecule has 1 aromatic rings. The second-order valence-corrected chi connectivity index (χ2v) is 11.2. The molecule has 2 saturated heterocycles. The van der Waals surface area contributed by atoms with Crippen molar-refractivity contribution in [3.05, 3.63) is 23.9 Å². The average Bonchev–Trinajstić information content (AvgIpc) is 3.00. The third-order valence-electron chi connectivity index (χ3n) is 7.84. The maximum Gasteiger partial charge on any atom is 0.325 e. The van der Waals surface area contributed by atoms with Gasteiger partial charge < -0.3 is 15.5 Å². The summed E-state index contributed by atoms with van der Waals surface area (Å²) in [4.78, 5) is 46.2. The van der Waals surface area contributed by atoms with Crippen molar-refractivity contribution in [3.63, 3.8) is 0 Å². The van der Waals surface area contributed by atoms with Crippen LogP contribution in [-0.4, -0.2) is 52.9 Å². The van der Waals surface area contributed by atoms with Crippen molar-refractivity contribution in [3.8, 4) is 0 Å². The van der Waals surface area contributed by atoms with E-state index < -0.39 is 11.6 Å². The Morgan fingerprint density at radius 2 is 1.79 bits per heavy atom. The molecule has 0 aromatic carbocycles. The van der Waals surface area contributed by atoms with E-state index in [2.05, 4.69) is 41.3 Å². The van der Waals surface area contributed by atoms with Crippen LogP contribution in [0, 0.1) is 11.3 Å². The largest absolute Gasteiger partial charge is 0.357 e. The molecule has 3 heterocycles. The van der Waals surface area contributed by atoms with Crippen LogP contribution in [0.3, 0.4) is 0 Å². The fourth-order valence-corrected chi connectivity index (χ4v) is 5.54. The third kappa shape index (κ3) is 5.36. The maximum absolute atomic E-state index is 13.1. The van der Waals surface area contributed by atoms with Crippen molar-refractivity contribution >= 4 is 23.7 Å². The molecule has 3 fully saturated rings. The van der Waals surface area contributed by atoms with Crippen LogP contribution in [0.25, 0.3) is 0 Å². The molecule has 4 amide bonds. The smallest absolute Gasteiger partial charge is 0.325 e. The van der Waals surface area contributed by atoms with Crippen LogP contribution in [0.15, 0.2) is 18.3 Å². The molecule has 1 aromatic heterocycles. The highest BCUT2D eigenvalue weighted by molar-refractivity contribution is 6.09. The van der Waals surface area contributed by atoms with Crippen LogP contribution in [0.2, 0.25) is 0 Å². The maximum atomic E-state index is 13.1. The normalized spacial score (nSPS) is 25.9. The Morgan fingerprint density at radius 3 is 2.38 bits per heavy atom. The Labute approximate surface area is 202 Å². The van der Waals surface area contributed by atoms with Gasteiger partial charge in [-0.15, -0.1) is 0 Å². The number of imide groups is 1. The lowest BCUT2D eigenvalue weighted by Crippen LogP contribution is -2.51. The van der Waals surface area contributed by atoms with Crippen LogP contribution in [0.5, 0.6) is 0 Å². The molecule has 0 radical (unpaired) electrons. The predicted octanol–water partition coefficient (Wildman–Crippen LogP) is 3.61. The lowest BCUT2D eigenvalue weighted by atomic mass is 9.67. The van der Waals surface area contributed by atoms with E-state index in [1.807, 2.05) is 12.1 Å². The number of pyridine rings is 1. The van der Waals surface area contributed by atoms with E-state index in [4.69, 9.17) is 0 Å². The summed E-state index contributed by atoms with van der Waals surface area (Å²) >= 11 is 0. The standard InChI is InChI=1S/C26H39N5O3/c1-25(2,3)20-10-12-26(13-11-20)23(33)31(24(34)29-26)18-22(32)28-17-19-8-9-21(27-16-19)30-14-6-4-5-7-15-30/h8-9,16,20H,4-7,10-15,17-18H2,1-3H3,(H,28,32)(H,29,34). The molecule has 4 rings (SSSR count). The zero-order valence-corrected chi connectivity index (χ0v) is 20.9. The fraction of sp³-hybridized carbons (Fsp3) is 0.692. The highest BCUT2D eigenvalue weighted by Gasteiger charge is 2.53. The van der Waals surface area contributed by atoms with Crippen molar-refractivity contribution in [2.24, 2.45) is 11.3 Å². The molecule has 8 heteroatoms. The zero-order valence-electron chi connectivity index (χ0n) is 20.9. The molecule has 1 saturated carbocycles. The second-order valence-electron chi connectivity index (χ2n) is 11.2. The molecule has 2 aliphatic heterocycles. The number of carbonyl (C=O) groups is 3. The molecule has 0 atom stereocenters. The summed E-state index contributed by atoms with van der Waals surface area (Å²) in [5.74, 6) is 0.895. The van der Waals surface area contributed by atoms with Gasteiger partial charge in [-0.2, -0.15) is 0 Å². The van der Waals surface area contributed by atoms with Crippen molar-refractivity contribution in [1.82, 2.24) is 20.5 Å². The average molecular weight is 470 g/mol. The van der Waals surface area contributed by atoms with Crippen LogP contribution in [0.4, 0.5) is 10.6 Å². The summed E-state index contributed by atoms with van der Waals surface area (Å²) in [5, 5.41) is 5.73. The van der Waals surface area contributed by atoms with Crippen molar-refractivity contribution in [2.45, 2.75) is 84.2 Å². The first-order valence-corrected chi connectivity index (χ1v) is 12.8. The number of hydrogen-bond acceptors (Lipinski definition) is 5. The van der Waals surface area contributed by atoms with Crippen molar-refractivity contribution < 1.29 is 14.4 Å². The molecular weight excluding hydrogens is 430 g/mol. The molecule has 1 aliphatic carbocycles. The van der Waals surface area contributed by atoms with Gasteiger partial charge in [-0.05, 0) is 61.5 Å². The van der Waals surface area contributed by atoms with E-state index in [1.165, 1.54) is 25.7 Å². The number of carbonyl (C=O) groups excluding carboxylic acids is 3. The van der Waals surface area contributed by atoms with Gasteiger partial charge >= 0.3 is 6.03 Å². The molecule has 34 heavy (non-hydrogen) atoms. The number of amides is 4. The molecule has 2 N–H and O–H groups in total. The number of aromatic nitrogens is 1. The lowest BCUT2D eigenvalue weighted by molar-refractivity contribution is -0.136. The van der Waals surface area contributed by atoms with Gasteiger partial charge in [0.2, 0.25) is 5.91 Å². The Hall–Kier alpha value is -2.64. The van der Waals surface area contributed by atoms with Gasteiger partial charge in [0.25, 0.3) is 5.91 Å². The van der Waals surface area contributed by atoms with Gasteiger partial charge in [0.15, 0.2) is 0 Å². The topological polar surface area (TPSA) is 94.6 Å². The SMILES string of the molecule is CC(C)(C)C1CCC2(CC1)NC(=O)N(CC(=O)NCc1ccc(N3CCCCCC3)nc1)C2=O. The summed E-state index contributed by atoms with van der Waals surface area (Å²) in [6, 6.07) is 3.52. The lowest BCUT2D eigenvalue weighted by Gasteiger charge is -2.40. The number of hydrogen-bond donors (Lipinski definition) is 2. The van der Waals surface area contributed by atoms with Crippen molar-refractivity contribution in [1.29, 1.82) is 0 Å². The number of nitrogens with one attached hydrogen (secondary N) is 2. The molecule has 1 spiro atoms. The number of anilines is 1. The number of urea groups is 1. The minimum Gasteiger partial charge on any atom is -0.357 e. The minimum atomic E-state index is -0.841. The first-order valence-electron chi connectivity index (χ1n) is 12.8. The van der Waals surface area contributed by atoms with E-state index in [0.717, 1.165) is 42.2 Å². The van der Waals surface area contributed by atoms with Gasteiger partial charge in [-0.25, -0.2) is 9.78 Å². The molecule has 186 valence electrons.